The minimum absolute atomic E-state index is 0.0453. The fraction of sp³-hybridized carbons (Fsp3) is 0.300. The van der Waals surface area contributed by atoms with Crippen molar-refractivity contribution in [3.63, 3.8) is 0 Å². The Morgan fingerprint density at radius 3 is 2.83 bits per heavy atom. The van der Waals surface area contributed by atoms with Crippen molar-refractivity contribution in [2.45, 2.75) is 6.92 Å². The third kappa shape index (κ3) is 3.77. The molecule has 0 atom stereocenters. The summed E-state index contributed by atoms with van der Waals surface area (Å²) in [6.45, 7) is 2.14. The monoisotopic (exact) mass is 273 g/mol. The zero-order valence-electron chi connectivity index (χ0n) is 9.60. The number of anilines is 1. The van der Waals surface area contributed by atoms with Crippen molar-refractivity contribution in [2.75, 3.05) is 18.5 Å². The molecule has 0 saturated heterocycles. The highest BCUT2D eigenvalue weighted by Gasteiger charge is 2.14. The van der Waals surface area contributed by atoms with Crippen molar-refractivity contribution >= 4 is 29.1 Å². The SMILES string of the molecule is Cc1cc([N+](=O)[O-])c(Cl)cc1NCCOC(N)=O. The van der Waals surface area contributed by atoms with E-state index in [1.807, 2.05) is 0 Å². The molecule has 98 valence electrons. The quantitative estimate of drug-likeness (QED) is 0.485. The van der Waals surface area contributed by atoms with Crippen LogP contribution in [0, 0.1) is 17.0 Å². The number of halogens is 1. The van der Waals surface area contributed by atoms with Crippen LogP contribution >= 0.6 is 11.6 Å². The summed E-state index contributed by atoms with van der Waals surface area (Å²) in [5, 5.41) is 13.6. The molecule has 0 aliphatic carbocycles. The molecule has 0 unspecified atom stereocenters. The number of nitro groups is 1. The number of carbonyl (C=O) groups excluding carboxylic acids is 1. The summed E-state index contributed by atoms with van der Waals surface area (Å²) in [4.78, 5) is 20.4. The number of primary amides is 1. The summed E-state index contributed by atoms with van der Waals surface area (Å²) in [6.07, 6.45) is -0.852. The molecule has 0 aliphatic heterocycles. The lowest BCUT2D eigenvalue weighted by atomic mass is 10.2. The summed E-state index contributed by atoms with van der Waals surface area (Å²) in [5.41, 5.74) is 5.96. The molecule has 0 aliphatic rings. The number of aryl methyl sites for hydroxylation is 1. The molecular weight excluding hydrogens is 262 g/mol. The van der Waals surface area contributed by atoms with Crippen molar-refractivity contribution in [1.82, 2.24) is 0 Å². The first-order chi connectivity index (χ1) is 8.41. The second kappa shape index (κ2) is 6.06. The molecule has 1 amide bonds. The Labute approximate surface area is 108 Å². The van der Waals surface area contributed by atoms with Crippen molar-refractivity contribution < 1.29 is 14.5 Å². The van der Waals surface area contributed by atoms with Crippen molar-refractivity contribution in [1.29, 1.82) is 0 Å². The number of ether oxygens (including phenoxy) is 1. The van der Waals surface area contributed by atoms with E-state index in [1.54, 1.807) is 6.92 Å². The van der Waals surface area contributed by atoms with E-state index in [4.69, 9.17) is 17.3 Å². The molecule has 1 rings (SSSR count). The molecule has 0 aromatic heterocycles. The molecule has 7 nitrogen and oxygen atoms in total. The Kier molecular flexibility index (Phi) is 4.73. The first kappa shape index (κ1) is 14.0. The van der Waals surface area contributed by atoms with Crippen LogP contribution in [0.1, 0.15) is 5.56 Å². The van der Waals surface area contributed by atoms with Crippen LogP contribution in [-0.2, 0) is 4.74 Å². The second-order valence-electron chi connectivity index (χ2n) is 3.47. The second-order valence-corrected chi connectivity index (χ2v) is 3.88. The highest BCUT2D eigenvalue weighted by Crippen LogP contribution is 2.30. The summed E-state index contributed by atoms with van der Waals surface area (Å²) < 4.78 is 4.53. The van der Waals surface area contributed by atoms with Gasteiger partial charge >= 0.3 is 6.09 Å². The average Bonchev–Trinajstić information content (AvgIpc) is 2.27. The van der Waals surface area contributed by atoms with E-state index >= 15 is 0 Å². The molecule has 18 heavy (non-hydrogen) atoms. The maximum Gasteiger partial charge on any atom is 0.404 e. The van der Waals surface area contributed by atoms with Gasteiger partial charge in [-0.25, -0.2) is 4.79 Å². The van der Waals surface area contributed by atoms with E-state index < -0.39 is 11.0 Å². The largest absolute Gasteiger partial charge is 0.448 e. The first-order valence-corrected chi connectivity index (χ1v) is 5.40. The fourth-order valence-electron chi connectivity index (χ4n) is 1.33. The molecule has 0 saturated carbocycles. The molecule has 1 aromatic rings. The van der Waals surface area contributed by atoms with Crippen LogP contribution in [-0.4, -0.2) is 24.2 Å². The van der Waals surface area contributed by atoms with Gasteiger partial charge in [0.15, 0.2) is 0 Å². The van der Waals surface area contributed by atoms with Gasteiger partial charge in [-0.3, -0.25) is 10.1 Å². The van der Waals surface area contributed by atoms with Crippen LogP contribution in [0.15, 0.2) is 12.1 Å². The third-order valence-corrected chi connectivity index (χ3v) is 2.46. The third-order valence-electron chi connectivity index (χ3n) is 2.15. The molecule has 8 heteroatoms. The number of nitrogens with one attached hydrogen (secondary N) is 1. The number of amides is 1. The first-order valence-electron chi connectivity index (χ1n) is 5.02. The molecule has 1 aromatic carbocycles. The average molecular weight is 274 g/mol. The lowest BCUT2D eigenvalue weighted by molar-refractivity contribution is -0.384. The number of rotatable bonds is 5. The zero-order chi connectivity index (χ0) is 13.7. The highest BCUT2D eigenvalue weighted by atomic mass is 35.5. The molecule has 0 bridgehead atoms. The van der Waals surface area contributed by atoms with Gasteiger partial charge in [-0.15, -0.1) is 0 Å². The predicted molar refractivity (Wildman–Crippen MR) is 66.9 cm³/mol. The lowest BCUT2D eigenvalue weighted by Gasteiger charge is -2.10. The Morgan fingerprint density at radius 1 is 1.61 bits per heavy atom. The van der Waals surface area contributed by atoms with Gasteiger partial charge in [0.25, 0.3) is 5.69 Å². The van der Waals surface area contributed by atoms with Gasteiger partial charge in [-0.1, -0.05) is 11.6 Å². The highest BCUT2D eigenvalue weighted by molar-refractivity contribution is 6.33. The van der Waals surface area contributed by atoms with Gasteiger partial charge in [0.2, 0.25) is 0 Å². The topological polar surface area (TPSA) is 107 Å². The number of nitrogens with two attached hydrogens (primary N) is 1. The van der Waals surface area contributed by atoms with Gasteiger partial charge in [0.05, 0.1) is 4.92 Å². The van der Waals surface area contributed by atoms with E-state index in [9.17, 15) is 14.9 Å². The number of hydrogen-bond acceptors (Lipinski definition) is 5. The lowest BCUT2D eigenvalue weighted by Crippen LogP contribution is -2.18. The summed E-state index contributed by atoms with van der Waals surface area (Å²) in [7, 11) is 0. The maximum atomic E-state index is 10.6. The van der Waals surface area contributed by atoms with Crippen LogP contribution in [0.25, 0.3) is 0 Å². The van der Waals surface area contributed by atoms with Crippen molar-refractivity contribution in [3.05, 3.63) is 32.8 Å². The predicted octanol–water partition coefficient (Wildman–Crippen LogP) is 2.06. The van der Waals surface area contributed by atoms with Crippen molar-refractivity contribution in [2.24, 2.45) is 5.73 Å². The minimum Gasteiger partial charge on any atom is -0.448 e. The zero-order valence-corrected chi connectivity index (χ0v) is 10.4. The van der Waals surface area contributed by atoms with Gasteiger partial charge in [0.1, 0.15) is 11.6 Å². The van der Waals surface area contributed by atoms with Crippen LogP contribution in [0.4, 0.5) is 16.2 Å². The van der Waals surface area contributed by atoms with E-state index in [0.717, 1.165) is 0 Å². The van der Waals surface area contributed by atoms with E-state index in [-0.39, 0.29) is 17.3 Å². The Hall–Kier alpha value is -2.02. The fourth-order valence-corrected chi connectivity index (χ4v) is 1.57. The summed E-state index contributed by atoms with van der Waals surface area (Å²) >= 11 is 5.77. The Morgan fingerprint density at radius 2 is 2.28 bits per heavy atom. The number of carbonyl (C=O) groups is 1. The molecular formula is C10H12ClN3O4. The number of benzene rings is 1. The van der Waals surface area contributed by atoms with Crippen LogP contribution in [0.3, 0.4) is 0 Å². The summed E-state index contributed by atoms with van der Waals surface area (Å²) in [6, 6.07) is 2.83. The summed E-state index contributed by atoms with van der Waals surface area (Å²) in [5.74, 6) is 0. The molecule has 0 radical (unpaired) electrons. The number of nitro benzene ring substituents is 1. The van der Waals surface area contributed by atoms with Gasteiger partial charge in [-0.05, 0) is 18.6 Å². The van der Waals surface area contributed by atoms with E-state index in [0.29, 0.717) is 17.8 Å². The molecule has 0 fully saturated rings. The normalized spacial score (nSPS) is 9.89. The molecule has 0 heterocycles. The maximum absolute atomic E-state index is 10.6. The van der Waals surface area contributed by atoms with Gasteiger partial charge < -0.3 is 15.8 Å². The van der Waals surface area contributed by atoms with Crippen LogP contribution < -0.4 is 11.1 Å². The van der Waals surface area contributed by atoms with Crippen molar-refractivity contribution in [3.8, 4) is 0 Å². The van der Waals surface area contributed by atoms with Crippen LogP contribution in [0.5, 0.6) is 0 Å². The Bertz CT molecular complexity index is 478. The molecule has 0 spiro atoms. The number of hydrogen-bond donors (Lipinski definition) is 2. The van der Waals surface area contributed by atoms with E-state index in [2.05, 4.69) is 10.1 Å². The van der Waals surface area contributed by atoms with Gasteiger partial charge in [-0.2, -0.15) is 0 Å². The standard InChI is InChI=1S/C10H12ClN3O4/c1-6-4-9(14(16)17)7(11)5-8(6)13-2-3-18-10(12)15/h4-5,13H,2-3H2,1H3,(H2,12,15). The number of nitrogens with zero attached hydrogens (tertiary/aromatic N) is 1. The van der Waals surface area contributed by atoms with Gasteiger partial charge in [0, 0.05) is 18.3 Å². The Balaban J connectivity index is 2.70. The molecule has 3 N–H and O–H groups in total. The van der Waals surface area contributed by atoms with E-state index in [1.165, 1.54) is 12.1 Å². The minimum atomic E-state index is -0.852. The smallest absolute Gasteiger partial charge is 0.404 e. The van der Waals surface area contributed by atoms with Crippen LogP contribution in [0.2, 0.25) is 5.02 Å².